The Morgan fingerprint density at radius 2 is 1.71 bits per heavy atom. The van der Waals surface area contributed by atoms with Crippen molar-refractivity contribution in [2.45, 2.75) is 39.0 Å². The minimum Gasteiger partial charge on any atom is -0.466 e. The van der Waals surface area contributed by atoms with Gasteiger partial charge in [-0.2, -0.15) is 0 Å². The Bertz CT molecular complexity index is 600. The molecule has 0 saturated carbocycles. The van der Waals surface area contributed by atoms with Gasteiger partial charge in [0.2, 0.25) is 10.0 Å². The van der Waals surface area contributed by atoms with Gasteiger partial charge in [0.1, 0.15) is 0 Å². The molecule has 0 saturated heterocycles. The van der Waals surface area contributed by atoms with Crippen LogP contribution in [0.4, 0.5) is 0 Å². The SMILES string of the molecule is CCOC(=O)CCN(C)S(=O)(=O)c1c(C)cc(C)cc1C. The Morgan fingerprint density at radius 1 is 1.19 bits per heavy atom. The standard InChI is InChI=1S/C15H23NO4S/c1-6-20-14(17)7-8-16(5)21(18,19)15-12(3)9-11(2)10-13(15)4/h9-10H,6-8H2,1-5H3. The molecule has 0 amide bonds. The zero-order chi connectivity index (χ0) is 16.2. The van der Waals surface area contributed by atoms with E-state index >= 15 is 0 Å². The van der Waals surface area contributed by atoms with E-state index in [2.05, 4.69) is 0 Å². The fourth-order valence-electron chi connectivity index (χ4n) is 2.33. The molecule has 5 nitrogen and oxygen atoms in total. The van der Waals surface area contributed by atoms with Crippen molar-refractivity contribution in [3.63, 3.8) is 0 Å². The molecule has 0 radical (unpaired) electrons. The molecule has 118 valence electrons. The fraction of sp³-hybridized carbons (Fsp3) is 0.533. The number of nitrogens with zero attached hydrogens (tertiary/aromatic N) is 1. The van der Waals surface area contributed by atoms with Crippen LogP contribution in [-0.4, -0.2) is 38.9 Å². The smallest absolute Gasteiger partial charge is 0.307 e. The van der Waals surface area contributed by atoms with Crippen LogP contribution in [0, 0.1) is 20.8 Å². The zero-order valence-corrected chi connectivity index (χ0v) is 14.1. The van der Waals surface area contributed by atoms with Crippen molar-refractivity contribution in [2.75, 3.05) is 20.2 Å². The highest BCUT2D eigenvalue weighted by Gasteiger charge is 2.25. The van der Waals surface area contributed by atoms with Gasteiger partial charge in [-0.3, -0.25) is 4.79 Å². The van der Waals surface area contributed by atoms with Gasteiger partial charge >= 0.3 is 5.97 Å². The molecule has 0 aliphatic rings. The average Bonchev–Trinajstić information content (AvgIpc) is 2.34. The first kappa shape index (κ1) is 17.7. The lowest BCUT2D eigenvalue weighted by Gasteiger charge is -2.20. The Hall–Kier alpha value is -1.40. The van der Waals surface area contributed by atoms with E-state index in [0.29, 0.717) is 11.5 Å². The lowest BCUT2D eigenvalue weighted by atomic mass is 10.1. The van der Waals surface area contributed by atoms with Gasteiger partial charge in [0.15, 0.2) is 0 Å². The highest BCUT2D eigenvalue weighted by molar-refractivity contribution is 7.89. The van der Waals surface area contributed by atoms with E-state index in [0.717, 1.165) is 16.7 Å². The normalized spacial score (nSPS) is 11.7. The van der Waals surface area contributed by atoms with Crippen molar-refractivity contribution in [2.24, 2.45) is 0 Å². The molecule has 1 aromatic carbocycles. The van der Waals surface area contributed by atoms with Gasteiger partial charge in [-0.25, -0.2) is 12.7 Å². The van der Waals surface area contributed by atoms with Crippen LogP contribution in [0.25, 0.3) is 0 Å². The molecule has 1 aromatic rings. The van der Waals surface area contributed by atoms with Crippen LogP contribution in [0.3, 0.4) is 0 Å². The summed E-state index contributed by atoms with van der Waals surface area (Å²) in [5.41, 5.74) is 2.46. The molecule has 0 aliphatic carbocycles. The van der Waals surface area contributed by atoms with Crippen LogP contribution in [0.5, 0.6) is 0 Å². The van der Waals surface area contributed by atoms with Gasteiger partial charge in [0, 0.05) is 13.6 Å². The molecular formula is C15H23NO4S. The maximum atomic E-state index is 12.6. The number of benzene rings is 1. The van der Waals surface area contributed by atoms with Crippen molar-refractivity contribution in [1.29, 1.82) is 0 Å². The Kier molecular flexibility index (Phi) is 5.92. The highest BCUT2D eigenvalue weighted by Crippen LogP contribution is 2.24. The van der Waals surface area contributed by atoms with E-state index in [4.69, 9.17) is 4.74 Å². The summed E-state index contributed by atoms with van der Waals surface area (Å²) in [4.78, 5) is 11.7. The maximum absolute atomic E-state index is 12.6. The lowest BCUT2D eigenvalue weighted by molar-refractivity contribution is -0.143. The second kappa shape index (κ2) is 7.04. The molecule has 0 N–H and O–H groups in total. The number of sulfonamides is 1. The number of ether oxygens (including phenoxy) is 1. The molecule has 6 heteroatoms. The maximum Gasteiger partial charge on any atom is 0.307 e. The van der Waals surface area contributed by atoms with E-state index in [1.54, 1.807) is 20.8 Å². The molecule has 1 rings (SSSR count). The van der Waals surface area contributed by atoms with Crippen molar-refractivity contribution in [3.05, 3.63) is 28.8 Å². The summed E-state index contributed by atoms with van der Waals surface area (Å²) < 4.78 is 31.3. The van der Waals surface area contributed by atoms with Gasteiger partial charge in [-0.1, -0.05) is 17.7 Å². The predicted molar refractivity (Wildman–Crippen MR) is 81.7 cm³/mol. The lowest BCUT2D eigenvalue weighted by Crippen LogP contribution is -2.30. The van der Waals surface area contributed by atoms with Gasteiger partial charge in [0.25, 0.3) is 0 Å². The second-order valence-electron chi connectivity index (χ2n) is 5.11. The molecule has 21 heavy (non-hydrogen) atoms. The first-order chi connectivity index (χ1) is 9.70. The summed E-state index contributed by atoms with van der Waals surface area (Å²) in [6.07, 6.45) is 0.0491. The Labute approximate surface area is 127 Å². The minimum atomic E-state index is -3.60. The van der Waals surface area contributed by atoms with Crippen LogP contribution < -0.4 is 0 Å². The van der Waals surface area contributed by atoms with Crippen LogP contribution in [0.2, 0.25) is 0 Å². The van der Waals surface area contributed by atoms with E-state index in [1.807, 2.05) is 19.1 Å². The molecule has 0 bridgehead atoms. The van der Waals surface area contributed by atoms with Crippen LogP contribution >= 0.6 is 0 Å². The molecule has 0 heterocycles. The Balaban J connectivity index is 2.98. The summed E-state index contributed by atoms with van der Waals surface area (Å²) in [7, 11) is -2.12. The monoisotopic (exact) mass is 313 g/mol. The summed E-state index contributed by atoms with van der Waals surface area (Å²) in [6, 6.07) is 3.69. The van der Waals surface area contributed by atoms with Crippen molar-refractivity contribution >= 4 is 16.0 Å². The molecular weight excluding hydrogens is 290 g/mol. The first-order valence-corrected chi connectivity index (χ1v) is 8.34. The molecule has 0 spiro atoms. The third-order valence-electron chi connectivity index (χ3n) is 3.21. The van der Waals surface area contributed by atoms with Crippen LogP contribution in [0.1, 0.15) is 30.0 Å². The summed E-state index contributed by atoms with van der Waals surface area (Å²) >= 11 is 0. The minimum absolute atomic E-state index is 0.0491. The Morgan fingerprint density at radius 3 is 2.19 bits per heavy atom. The number of carbonyl (C=O) groups excluding carboxylic acids is 1. The molecule has 0 atom stereocenters. The summed E-state index contributed by atoms with van der Waals surface area (Å²) in [6.45, 7) is 7.62. The molecule has 0 fully saturated rings. The van der Waals surface area contributed by atoms with E-state index in [1.165, 1.54) is 11.4 Å². The number of hydrogen-bond acceptors (Lipinski definition) is 4. The fourth-order valence-corrected chi connectivity index (χ4v) is 3.91. The summed E-state index contributed by atoms with van der Waals surface area (Å²) in [5, 5.41) is 0. The predicted octanol–water partition coefficient (Wildman–Crippen LogP) is 2.19. The van der Waals surface area contributed by atoms with Crippen LogP contribution in [0.15, 0.2) is 17.0 Å². The van der Waals surface area contributed by atoms with Gasteiger partial charge in [-0.05, 0) is 38.8 Å². The van der Waals surface area contributed by atoms with E-state index in [-0.39, 0.29) is 13.0 Å². The van der Waals surface area contributed by atoms with Crippen molar-refractivity contribution in [1.82, 2.24) is 4.31 Å². The van der Waals surface area contributed by atoms with Gasteiger partial charge in [0.05, 0.1) is 17.9 Å². The highest BCUT2D eigenvalue weighted by atomic mass is 32.2. The third-order valence-corrected chi connectivity index (χ3v) is 5.37. The average molecular weight is 313 g/mol. The number of hydrogen-bond donors (Lipinski definition) is 0. The number of esters is 1. The largest absolute Gasteiger partial charge is 0.466 e. The third kappa shape index (κ3) is 4.28. The first-order valence-electron chi connectivity index (χ1n) is 6.90. The molecule has 0 aromatic heterocycles. The van der Waals surface area contributed by atoms with Gasteiger partial charge < -0.3 is 4.74 Å². The number of carbonyl (C=O) groups is 1. The number of aryl methyl sites for hydroxylation is 3. The quantitative estimate of drug-likeness (QED) is 0.755. The van der Waals surface area contributed by atoms with E-state index in [9.17, 15) is 13.2 Å². The number of rotatable bonds is 6. The zero-order valence-electron chi connectivity index (χ0n) is 13.3. The van der Waals surface area contributed by atoms with Crippen molar-refractivity contribution < 1.29 is 17.9 Å². The molecule has 0 unspecified atom stereocenters. The van der Waals surface area contributed by atoms with Crippen molar-refractivity contribution in [3.8, 4) is 0 Å². The molecule has 0 aliphatic heterocycles. The van der Waals surface area contributed by atoms with Crippen LogP contribution in [-0.2, 0) is 19.6 Å². The summed E-state index contributed by atoms with van der Waals surface area (Å²) in [5.74, 6) is -0.392. The van der Waals surface area contributed by atoms with Gasteiger partial charge in [-0.15, -0.1) is 0 Å². The topological polar surface area (TPSA) is 63.7 Å². The van der Waals surface area contributed by atoms with E-state index < -0.39 is 16.0 Å². The second-order valence-corrected chi connectivity index (χ2v) is 7.09.